The van der Waals surface area contributed by atoms with Crippen molar-refractivity contribution in [2.24, 2.45) is 0 Å². The maximum Gasteiger partial charge on any atom is 0.354 e. The lowest BCUT2D eigenvalue weighted by Gasteiger charge is -2.10. The van der Waals surface area contributed by atoms with Gasteiger partial charge < -0.3 is 9.84 Å². The van der Waals surface area contributed by atoms with Gasteiger partial charge in [-0.25, -0.2) is 9.78 Å². The van der Waals surface area contributed by atoms with Gasteiger partial charge in [0.2, 0.25) is 5.75 Å². The van der Waals surface area contributed by atoms with Crippen LogP contribution in [0.1, 0.15) is 21.6 Å². The minimum absolute atomic E-state index is 0.121. The number of nitro benzene ring substituents is 1. The molecule has 7 heteroatoms. The fourth-order valence-corrected chi connectivity index (χ4v) is 1.89. The predicted octanol–water partition coefficient (Wildman–Crippen LogP) is 3.10. The Labute approximate surface area is 120 Å². The van der Waals surface area contributed by atoms with Crippen LogP contribution in [-0.2, 0) is 0 Å². The second kappa shape index (κ2) is 5.58. The zero-order valence-corrected chi connectivity index (χ0v) is 11.4. The Bertz CT molecular complexity index is 710. The van der Waals surface area contributed by atoms with Crippen molar-refractivity contribution in [3.63, 3.8) is 0 Å². The van der Waals surface area contributed by atoms with Gasteiger partial charge in [0, 0.05) is 6.07 Å². The van der Waals surface area contributed by atoms with E-state index in [1.807, 2.05) is 0 Å². The molecule has 1 heterocycles. The summed E-state index contributed by atoms with van der Waals surface area (Å²) in [4.78, 5) is 25.0. The van der Waals surface area contributed by atoms with Crippen LogP contribution >= 0.6 is 0 Å². The van der Waals surface area contributed by atoms with E-state index < -0.39 is 10.9 Å². The lowest BCUT2D eigenvalue weighted by molar-refractivity contribution is -0.385. The third-order valence-electron chi connectivity index (χ3n) is 2.77. The van der Waals surface area contributed by atoms with Crippen LogP contribution in [0.3, 0.4) is 0 Å². The number of carboxylic acid groups (broad SMARTS) is 1. The van der Waals surface area contributed by atoms with Crippen LogP contribution in [0.15, 0.2) is 30.5 Å². The number of aromatic nitrogens is 1. The van der Waals surface area contributed by atoms with E-state index in [0.29, 0.717) is 5.56 Å². The van der Waals surface area contributed by atoms with Crippen molar-refractivity contribution in [2.75, 3.05) is 0 Å². The SMILES string of the molecule is Cc1cc(C)c(Oc2ccc(C(=O)O)nc2)c([N+](=O)[O-])c1. The molecule has 1 aromatic heterocycles. The highest BCUT2D eigenvalue weighted by atomic mass is 16.6. The summed E-state index contributed by atoms with van der Waals surface area (Å²) in [7, 11) is 0. The first kappa shape index (κ1) is 14.4. The summed E-state index contributed by atoms with van der Waals surface area (Å²) in [6.07, 6.45) is 1.21. The first-order chi connectivity index (χ1) is 9.88. The van der Waals surface area contributed by atoms with Crippen molar-refractivity contribution >= 4 is 11.7 Å². The Balaban J connectivity index is 2.39. The highest BCUT2D eigenvalue weighted by Crippen LogP contribution is 2.35. The Kier molecular flexibility index (Phi) is 3.84. The van der Waals surface area contributed by atoms with E-state index in [1.54, 1.807) is 19.9 Å². The number of aryl methyl sites for hydroxylation is 2. The summed E-state index contributed by atoms with van der Waals surface area (Å²) in [6.45, 7) is 3.46. The van der Waals surface area contributed by atoms with Gasteiger partial charge in [0.1, 0.15) is 11.4 Å². The van der Waals surface area contributed by atoms with E-state index in [2.05, 4.69) is 4.98 Å². The number of carbonyl (C=O) groups is 1. The molecule has 0 spiro atoms. The summed E-state index contributed by atoms with van der Waals surface area (Å²) in [5, 5.41) is 19.9. The maximum atomic E-state index is 11.1. The monoisotopic (exact) mass is 288 g/mol. The van der Waals surface area contributed by atoms with E-state index in [0.717, 1.165) is 5.56 Å². The molecule has 0 radical (unpaired) electrons. The first-order valence-electron chi connectivity index (χ1n) is 6.01. The molecule has 0 saturated carbocycles. The predicted molar refractivity (Wildman–Crippen MR) is 73.8 cm³/mol. The average molecular weight is 288 g/mol. The van der Waals surface area contributed by atoms with Gasteiger partial charge >= 0.3 is 11.7 Å². The van der Waals surface area contributed by atoms with Gasteiger partial charge in [0.25, 0.3) is 0 Å². The number of aromatic carboxylic acids is 1. The van der Waals surface area contributed by atoms with Gasteiger partial charge in [-0.1, -0.05) is 6.07 Å². The molecule has 0 atom stereocenters. The summed E-state index contributed by atoms with van der Waals surface area (Å²) in [5.41, 5.74) is 1.10. The number of carboxylic acids is 1. The van der Waals surface area contributed by atoms with Gasteiger partial charge in [-0.3, -0.25) is 10.1 Å². The molecular weight excluding hydrogens is 276 g/mol. The molecule has 0 aliphatic carbocycles. The van der Waals surface area contributed by atoms with Gasteiger partial charge in [-0.05, 0) is 37.1 Å². The zero-order chi connectivity index (χ0) is 15.6. The second-order valence-electron chi connectivity index (χ2n) is 4.47. The lowest BCUT2D eigenvalue weighted by Crippen LogP contribution is -2.00. The molecule has 0 amide bonds. The summed E-state index contributed by atoms with van der Waals surface area (Å²) < 4.78 is 5.49. The van der Waals surface area contributed by atoms with Crippen LogP contribution in [0.5, 0.6) is 11.5 Å². The fourth-order valence-electron chi connectivity index (χ4n) is 1.89. The highest BCUT2D eigenvalue weighted by molar-refractivity contribution is 5.85. The highest BCUT2D eigenvalue weighted by Gasteiger charge is 2.19. The Morgan fingerprint density at radius 1 is 1.33 bits per heavy atom. The van der Waals surface area contributed by atoms with E-state index in [1.165, 1.54) is 24.4 Å². The van der Waals surface area contributed by atoms with Crippen molar-refractivity contribution in [3.8, 4) is 11.5 Å². The average Bonchev–Trinajstić information content (AvgIpc) is 2.41. The number of hydrogen-bond acceptors (Lipinski definition) is 5. The van der Waals surface area contributed by atoms with Gasteiger partial charge in [-0.15, -0.1) is 0 Å². The molecule has 0 fully saturated rings. The summed E-state index contributed by atoms with van der Waals surface area (Å²) >= 11 is 0. The lowest BCUT2D eigenvalue weighted by atomic mass is 10.1. The Morgan fingerprint density at radius 2 is 2.05 bits per heavy atom. The van der Waals surface area contributed by atoms with Crippen LogP contribution in [0.25, 0.3) is 0 Å². The number of rotatable bonds is 4. The number of ether oxygens (including phenoxy) is 1. The molecule has 108 valence electrons. The molecule has 0 unspecified atom stereocenters. The van der Waals surface area contributed by atoms with Crippen molar-refractivity contribution in [3.05, 3.63) is 57.4 Å². The van der Waals surface area contributed by atoms with Gasteiger partial charge in [0.05, 0.1) is 11.1 Å². The molecule has 7 nitrogen and oxygen atoms in total. The standard InChI is InChI=1S/C14H12N2O5/c1-8-5-9(2)13(12(6-8)16(19)20)21-10-3-4-11(14(17)18)15-7-10/h3-7H,1-2H3,(H,17,18). The fraction of sp³-hybridized carbons (Fsp3) is 0.143. The first-order valence-corrected chi connectivity index (χ1v) is 6.01. The molecule has 0 aliphatic heterocycles. The van der Waals surface area contributed by atoms with E-state index >= 15 is 0 Å². The molecule has 0 saturated heterocycles. The minimum atomic E-state index is -1.15. The molecule has 1 aromatic carbocycles. The van der Waals surface area contributed by atoms with Crippen LogP contribution in [0, 0.1) is 24.0 Å². The summed E-state index contributed by atoms with van der Waals surface area (Å²) in [5.74, 6) is -0.801. The van der Waals surface area contributed by atoms with Crippen molar-refractivity contribution in [1.29, 1.82) is 0 Å². The van der Waals surface area contributed by atoms with E-state index in [4.69, 9.17) is 9.84 Å². The number of nitro groups is 1. The second-order valence-corrected chi connectivity index (χ2v) is 4.47. The largest absolute Gasteiger partial charge is 0.477 e. The number of nitrogens with zero attached hydrogens (tertiary/aromatic N) is 2. The molecule has 1 N–H and O–H groups in total. The molecule has 2 rings (SSSR count). The maximum absolute atomic E-state index is 11.1. The van der Waals surface area contributed by atoms with Crippen molar-refractivity contribution in [2.45, 2.75) is 13.8 Å². The third kappa shape index (κ3) is 3.14. The zero-order valence-electron chi connectivity index (χ0n) is 11.4. The van der Waals surface area contributed by atoms with Gasteiger partial charge in [-0.2, -0.15) is 0 Å². The molecule has 2 aromatic rings. The Morgan fingerprint density at radius 3 is 2.57 bits per heavy atom. The van der Waals surface area contributed by atoms with Crippen LogP contribution in [-0.4, -0.2) is 21.0 Å². The van der Waals surface area contributed by atoms with Crippen molar-refractivity contribution < 1.29 is 19.6 Å². The van der Waals surface area contributed by atoms with Crippen LogP contribution < -0.4 is 4.74 Å². The molecule has 0 aliphatic rings. The van der Waals surface area contributed by atoms with E-state index in [-0.39, 0.29) is 22.9 Å². The van der Waals surface area contributed by atoms with Crippen LogP contribution in [0.2, 0.25) is 0 Å². The molecule has 21 heavy (non-hydrogen) atoms. The van der Waals surface area contributed by atoms with Crippen molar-refractivity contribution in [1.82, 2.24) is 4.98 Å². The number of benzene rings is 1. The minimum Gasteiger partial charge on any atom is -0.477 e. The smallest absolute Gasteiger partial charge is 0.354 e. The number of hydrogen-bond donors (Lipinski definition) is 1. The topological polar surface area (TPSA) is 103 Å². The summed E-state index contributed by atoms with van der Waals surface area (Å²) in [6, 6.07) is 5.86. The number of pyridine rings is 1. The normalized spacial score (nSPS) is 10.2. The Hall–Kier alpha value is -2.96. The van der Waals surface area contributed by atoms with Crippen LogP contribution in [0.4, 0.5) is 5.69 Å². The molecule has 0 bridgehead atoms. The quantitative estimate of drug-likeness (QED) is 0.685. The van der Waals surface area contributed by atoms with Gasteiger partial charge in [0.15, 0.2) is 0 Å². The third-order valence-corrected chi connectivity index (χ3v) is 2.77. The van der Waals surface area contributed by atoms with E-state index in [9.17, 15) is 14.9 Å². The molecular formula is C14H12N2O5.